The van der Waals surface area contributed by atoms with Crippen LogP contribution < -0.4 is 5.32 Å². The Morgan fingerprint density at radius 1 is 1.70 bits per heavy atom. The van der Waals surface area contributed by atoms with Crippen molar-refractivity contribution in [1.29, 1.82) is 0 Å². The van der Waals surface area contributed by atoms with Crippen LogP contribution in [0.4, 0.5) is 0 Å². The summed E-state index contributed by atoms with van der Waals surface area (Å²) in [6.45, 7) is 2.34. The van der Waals surface area contributed by atoms with E-state index >= 15 is 0 Å². The molecule has 10 heavy (non-hydrogen) atoms. The van der Waals surface area contributed by atoms with E-state index in [9.17, 15) is 4.79 Å². The van der Waals surface area contributed by atoms with Gasteiger partial charge in [0.2, 0.25) is 0 Å². The molecule has 0 bridgehead atoms. The monoisotopic (exact) mass is 181 g/mol. The van der Waals surface area contributed by atoms with E-state index in [-0.39, 0.29) is 5.91 Å². The summed E-state index contributed by atoms with van der Waals surface area (Å²) in [6, 6.07) is 0. The summed E-state index contributed by atoms with van der Waals surface area (Å²) < 4.78 is 0. The maximum absolute atomic E-state index is 10.6. The third-order valence-electron chi connectivity index (χ3n) is 0.828. The summed E-state index contributed by atoms with van der Waals surface area (Å²) in [5, 5.41) is 2.49. The predicted molar refractivity (Wildman–Crippen MR) is 43.3 cm³/mol. The van der Waals surface area contributed by atoms with Crippen molar-refractivity contribution in [1.82, 2.24) is 5.32 Å². The number of halogens is 2. The van der Waals surface area contributed by atoms with Crippen LogP contribution in [0.2, 0.25) is 0 Å². The average Bonchev–Trinajstić information content (AvgIpc) is 1.88. The molecule has 0 aromatic heterocycles. The second kappa shape index (κ2) is 5.57. The average molecular weight is 182 g/mol. The van der Waals surface area contributed by atoms with Gasteiger partial charge in [-0.2, -0.15) is 0 Å². The van der Waals surface area contributed by atoms with Gasteiger partial charge in [-0.05, 0) is 6.92 Å². The van der Waals surface area contributed by atoms with Gasteiger partial charge >= 0.3 is 0 Å². The fourth-order valence-electron chi connectivity index (χ4n) is 0.355. The van der Waals surface area contributed by atoms with Crippen LogP contribution in [-0.4, -0.2) is 17.3 Å². The number of rotatable bonds is 3. The molecule has 0 rings (SSSR count). The molecule has 2 nitrogen and oxygen atoms in total. The van der Waals surface area contributed by atoms with E-state index in [0.717, 1.165) is 0 Å². The topological polar surface area (TPSA) is 29.1 Å². The third kappa shape index (κ3) is 4.65. The van der Waals surface area contributed by atoms with Crippen molar-refractivity contribution in [3.8, 4) is 0 Å². The van der Waals surface area contributed by atoms with Crippen LogP contribution in [0.25, 0.3) is 0 Å². The van der Waals surface area contributed by atoms with E-state index in [4.69, 9.17) is 23.2 Å². The van der Waals surface area contributed by atoms with Crippen LogP contribution in [-0.2, 0) is 4.79 Å². The highest BCUT2D eigenvalue weighted by molar-refractivity contribution is 6.53. The van der Waals surface area contributed by atoms with E-state index < -0.39 is 4.84 Å². The van der Waals surface area contributed by atoms with Gasteiger partial charge in [-0.15, -0.1) is 0 Å². The van der Waals surface area contributed by atoms with E-state index in [0.29, 0.717) is 6.54 Å². The van der Waals surface area contributed by atoms with Crippen molar-refractivity contribution in [2.45, 2.75) is 11.8 Å². The number of nitrogens with one attached hydrogen (secondary N) is 1. The van der Waals surface area contributed by atoms with Gasteiger partial charge in [0.1, 0.15) is 0 Å². The first kappa shape index (κ1) is 9.79. The number of hydrogen-bond donors (Lipinski definition) is 1. The Labute approximate surface area is 70.2 Å². The zero-order valence-electron chi connectivity index (χ0n) is 5.60. The van der Waals surface area contributed by atoms with Crippen LogP contribution >= 0.6 is 23.2 Å². The quantitative estimate of drug-likeness (QED) is 0.519. The van der Waals surface area contributed by atoms with Gasteiger partial charge in [0, 0.05) is 6.54 Å². The molecule has 0 aliphatic rings. The number of hydrogen-bond acceptors (Lipinski definition) is 1. The smallest absolute Gasteiger partial charge is 0.253 e. The van der Waals surface area contributed by atoms with Crippen LogP contribution in [0.15, 0.2) is 12.2 Å². The number of amides is 1. The highest BCUT2D eigenvalue weighted by Gasteiger charge is 2.08. The molecule has 0 aromatic carbocycles. The summed E-state index contributed by atoms with van der Waals surface area (Å²) in [6.07, 6.45) is 3.63. The highest BCUT2D eigenvalue weighted by atomic mass is 35.5. The summed E-state index contributed by atoms with van der Waals surface area (Å²) in [4.78, 5) is 9.64. The van der Waals surface area contributed by atoms with Gasteiger partial charge in [-0.1, -0.05) is 35.4 Å². The van der Waals surface area contributed by atoms with Crippen LogP contribution in [0, 0.1) is 0 Å². The van der Waals surface area contributed by atoms with E-state index in [2.05, 4.69) is 5.32 Å². The maximum Gasteiger partial charge on any atom is 0.253 e. The molecule has 0 fully saturated rings. The molecule has 0 atom stereocenters. The third-order valence-corrected chi connectivity index (χ3v) is 1.22. The normalized spacial score (nSPS) is 10.8. The Bertz CT molecular complexity index is 134. The van der Waals surface area contributed by atoms with Gasteiger partial charge in [0.05, 0.1) is 0 Å². The van der Waals surface area contributed by atoms with Gasteiger partial charge < -0.3 is 5.32 Å². The Balaban J connectivity index is 3.40. The summed E-state index contributed by atoms with van der Waals surface area (Å²) in [5.74, 6) is -0.360. The maximum atomic E-state index is 10.6. The minimum absolute atomic E-state index is 0.360. The molecule has 0 aromatic rings. The lowest BCUT2D eigenvalue weighted by atomic mass is 10.5. The molecule has 0 heterocycles. The minimum atomic E-state index is -0.967. The summed E-state index contributed by atoms with van der Waals surface area (Å²) >= 11 is 10.5. The van der Waals surface area contributed by atoms with Crippen LogP contribution in [0.1, 0.15) is 6.92 Å². The first-order chi connectivity index (χ1) is 4.68. The Morgan fingerprint density at radius 2 is 2.30 bits per heavy atom. The fourth-order valence-corrected chi connectivity index (χ4v) is 0.509. The van der Waals surface area contributed by atoms with Gasteiger partial charge in [0.15, 0.2) is 4.84 Å². The molecule has 0 aliphatic heterocycles. The van der Waals surface area contributed by atoms with Gasteiger partial charge in [-0.3, -0.25) is 4.79 Å². The molecule has 0 saturated carbocycles. The van der Waals surface area contributed by atoms with Crippen molar-refractivity contribution < 1.29 is 4.79 Å². The predicted octanol–water partition coefficient (Wildman–Crippen LogP) is 1.48. The molecular weight excluding hydrogens is 173 g/mol. The first-order valence-electron chi connectivity index (χ1n) is 2.85. The van der Waals surface area contributed by atoms with Crippen molar-refractivity contribution >= 4 is 29.1 Å². The second-order valence-corrected chi connectivity index (χ2v) is 2.71. The zero-order valence-corrected chi connectivity index (χ0v) is 7.12. The Hall–Kier alpha value is -0.210. The molecule has 4 heteroatoms. The van der Waals surface area contributed by atoms with Crippen molar-refractivity contribution in [3.05, 3.63) is 12.2 Å². The van der Waals surface area contributed by atoms with Crippen molar-refractivity contribution in [2.24, 2.45) is 0 Å². The summed E-state index contributed by atoms with van der Waals surface area (Å²) in [7, 11) is 0. The minimum Gasteiger partial charge on any atom is -0.350 e. The SMILES string of the molecule is CC=CCNC(=O)C(Cl)Cl. The molecule has 0 spiro atoms. The van der Waals surface area contributed by atoms with Crippen molar-refractivity contribution in [2.75, 3.05) is 6.54 Å². The molecule has 0 aliphatic carbocycles. The lowest BCUT2D eigenvalue weighted by Gasteiger charge is -2.00. The Kier molecular flexibility index (Phi) is 5.45. The first-order valence-corrected chi connectivity index (χ1v) is 3.72. The molecule has 58 valence electrons. The molecule has 1 N–H and O–H groups in total. The highest BCUT2D eigenvalue weighted by Crippen LogP contribution is 1.99. The second-order valence-electron chi connectivity index (χ2n) is 1.61. The molecule has 0 unspecified atom stereocenters. The lowest BCUT2D eigenvalue weighted by molar-refractivity contribution is -0.119. The molecular formula is C6H9Cl2NO. The largest absolute Gasteiger partial charge is 0.350 e. The standard InChI is InChI=1S/C6H9Cl2NO/c1-2-3-4-9-6(10)5(7)8/h2-3,5H,4H2,1H3,(H,9,10). The molecule has 0 saturated heterocycles. The fraction of sp³-hybridized carbons (Fsp3) is 0.500. The van der Waals surface area contributed by atoms with E-state index in [1.807, 2.05) is 13.0 Å². The molecule has 0 radical (unpaired) electrons. The zero-order chi connectivity index (χ0) is 7.98. The van der Waals surface area contributed by atoms with E-state index in [1.54, 1.807) is 6.08 Å². The Morgan fingerprint density at radius 3 is 2.70 bits per heavy atom. The number of allylic oxidation sites excluding steroid dienone is 1. The number of alkyl halides is 2. The van der Waals surface area contributed by atoms with Crippen molar-refractivity contribution in [3.63, 3.8) is 0 Å². The van der Waals surface area contributed by atoms with Crippen LogP contribution in [0.3, 0.4) is 0 Å². The summed E-state index contributed by atoms with van der Waals surface area (Å²) in [5.41, 5.74) is 0. The number of carbonyl (C=O) groups excluding carboxylic acids is 1. The van der Waals surface area contributed by atoms with Crippen LogP contribution in [0.5, 0.6) is 0 Å². The lowest BCUT2D eigenvalue weighted by Crippen LogP contribution is -2.28. The van der Waals surface area contributed by atoms with Gasteiger partial charge in [-0.25, -0.2) is 0 Å². The molecule has 1 amide bonds. The van der Waals surface area contributed by atoms with Gasteiger partial charge in [0.25, 0.3) is 5.91 Å². The number of carbonyl (C=O) groups is 1. The van der Waals surface area contributed by atoms with E-state index in [1.165, 1.54) is 0 Å².